The van der Waals surface area contributed by atoms with Crippen molar-refractivity contribution in [3.63, 3.8) is 0 Å². The van der Waals surface area contributed by atoms with Crippen LogP contribution in [0.3, 0.4) is 0 Å². The molecule has 0 amide bonds. The molecular formula is C4H7N5. The third kappa shape index (κ3) is 1.34. The molecule has 0 aliphatic carbocycles. The maximum absolute atomic E-state index is 5.10. The van der Waals surface area contributed by atoms with Crippen LogP contribution in [0.1, 0.15) is 0 Å². The number of nitrogens with two attached hydrogens (primary N) is 2. The van der Waals surface area contributed by atoms with E-state index in [1.54, 1.807) is 18.5 Å². The number of hydrogen-bond acceptors (Lipinski definition) is 5. The van der Waals surface area contributed by atoms with Gasteiger partial charge in [0.2, 0.25) is 0 Å². The van der Waals surface area contributed by atoms with Crippen molar-refractivity contribution >= 4 is 5.95 Å². The van der Waals surface area contributed by atoms with E-state index < -0.39 is 0 Å². The van der Waals surface area contributed by atoms with Crippen molar-refractivity contribution in [1.82, 2.24) is 9.97 Å². The molecule has 4 N–H and O–H groups in total. The Morgan fingerprint density at radius 2 is 1.78 bits per heavy atom. The molecule has 5 heteroatoms. The van der Waals surface area contributed by atoms with Crippen LogP contribution in [0.15, 0.2) is 18.5 Å². The first-order chi connectivity index (χ1) is 4.30. The van der Waals surface area contributed by atoms with Gasteiger partial charge in [-0.05, 0) is 6.07 Å². The van der Waals surface area contributed by atoms with Crippen molar-refractivity contribution in [2.45, 2.75) is 0 Å². The second kappa shape index (κ2) is 2.38. The smallest absolute Gasteiger partial charge is 0.230 e. The average molecular weight is 125 g/mol. The molecule has 5 nitrogen and oxygen atoms in total. The van der Waals surface area contributed by atoms with E-state index in [0.717, 1.165) is 5.12 Å². The number of nitrogens with zero attached hydrogens (tertiary/aromatic N) is 3. The fourth-order valence-corrected chi connectivity index (χ4v) is 0.425. The van der Waals surface area contributed by atoms with Gasteiger partial charge in [0.25, 0.3) is 5.95 Å². The highest BCUT2D eigenvalue weighted by Crippen LogP contribution is 1.92. The molecule has 0 aromatic carbocycles. The van der Waals surface area contributed by atoms with Crippen molar-refractivity contribution in [2.24, 2.45) is 11.7 Å². The minimum absolute atomic E-state index is 0.303. The van der Waals surface area contributed by atoms with E-state index in [-0.39, 0.29) is 0 Å². The van der Waals surface area contributed by atoms with Crippen LogP contribution in [0, 0.1) is 0 Å². The van der Waals surface area contributed by atoms with E-state index in [4.69, 9.17) is 11.7 Å². The van der Waals surface area contributed by atoms with Crippen LogP contribution in [0.2, 0.25) is 0 Å². The third-order valence-electron chi connectivity index (χ3n) is 0.783. The van der Waals surface area contributed by atoms with Gasteiger partial charge in [-0.25, -0.2) is 26.8 Å². The van der Waals surface area contributed by atoms with E-state index in [2.05, 4.69) is 9.97 Å². The van der Waals surface area contributed by atoms with Crippen molar-refractivity contribution < 1.29 is 0 Å². The molecule has 0 bridgehead atoms. The number of anilines is 1. The molecule has 1 rings (SSSR count). The molecule has 0 aliphatic heterocycles. The van der Waals surface area contributed by atoms with Crippen LogP contribution < -0.4 is 16.8 Å². The Morgan fingerprint density at radius 3 is 2.11 bits per heavy atom. The molecule has 0 saturated carbocycles. The lowest BCUT2D eigenvalue weighted by atomic mass is 10.7. The van der Waals surface area contributed by atoms with Gasteiger partial charge in [0.15, 0.2) is 0 Å². The number of aromatic nitrogens is 2. The van der Waals surface area contributed by atoms with Gasteiger partial charge in [-0.1, -0.05) is 0 Å². The lowest BCUT2D eigenvalue weighted by Gasteiger charge is -2.05. The van der Waals surface area contributed by atoms with Gasteiger partial charge in [-0.2, -0.15) is 0 Å². The molecule has 0 unspecified atom stereocenters. The Kier molecular flexibility index (Phi) is 1.57. The molecule has 48 valence electrons. The Bertz CT molecular complexity index is 172. The fraction of sp³-hybridized carbons (Fsp3) is 0. The van der Waals surface area contributed by atoms with Crippen molar-refractivity contribution in [1.29, 1.82) is 0 Å². The molecule has 1 aromatic heterocycles. The number of rotatable bonds is 1. The highest BCUT2D eigenvalue weighted by Gasteiger charge is 1.93. The second-order valence-electron chi connectivity index (χ2n) is 1.46. The van der Waals surface area contributed by atoms with Gasteiger partial charge < -0.3 is 0 Å². The Morgan fingerprint density at radius 1 is 1.22 bits per heavy atom. The summed E-state index contributed by atoms with van der Waals surface area (Å²) >= 11 is 0. The van der Waals surface area contributed by atoms with Crippen LogP contribution in [0.4, 0.5) is 5.95 Å². The fourth-order valence-electron chi connectivity index (χ4n) is 0.425. The van der Waals surface area contributed by atoms with Crippen LogP contribution in [-0.2, 0) is 0 Å². The summed E-state index contributed by atoms with van der Waals surface area (Å²) in [5.41, 5.74) is 0. The molecule has 0 fully saturated rings. The van der Waals surface area contributed by atoms with Gasteiger partial charge >= 0.3 is 0 Å². The van der Waals surface area contributed by atoms with E-state index in [0.29, 0.717) is 5.95 Å². The molecule has 0 aliphatic rings. The second-order valence-corrected chi connectivity index (χ2v) is 1.46. The Labute approximate surface area is 52.3 Å². The SMILES string of the molecule is NN(N)c1ncccn1. The summed E-state index contributed by atoms with van der Waals surface area (Å²) in [7, 11) is 0. The first-order valence-electron chi connectivity index (χ1n) is 2.37. The average Bonchev–Trinajstić information content (AvgIpc) is 1.90. The van der Waals surface area contributed by atoms with Crippen molar-refractivity contribution in [3.8, 4) is 0 Å². The maximum atomic E-state index is 5.10. The zero-order chi connectivity index (χ0) is 6.69. The van der Waals surface area contributed by atoms with E-state index in [1.807, 2.05) is 0 Å². The van der Waals surface area contributed by atoms with E-state index in [9.17, 15) is 0 Å². The van der Waals surface area contributed by atoms with Crippen molar-refractivity contribution in [3.05, 3.63) is 18.5 Å². The van der Waals surface area contributed by atoms with Crippen LogP contribution >= 0.6 is 0 Å². The molecule has 0 saturated heterocycles. The summed E-state index contributed by atoms with van der Waals surface area (Å²) in [5.74, 6) is 10.5. The standard InChI is InChI=1S/C4H7N5/c5-9(6)4-7-2-1-3-8-4/h1-3H,5-6H2. The molecule has 1 heterocycles. The normalized spacial score (nSPS) is 9.11. The lowest BCUT2D eigenvalue weighted by molar-refractivity contribution is 0.861. The van der Waals surface area contributed by atoms with Crippen LogP contribution in [0.25, 0.3) is 0 Å². The zero-order valence-electron chi connectivity index (χ0n) is 4.73. The highest BCUT2D eigenvalue weighted by molar-refractivity contribution is 5.21. The predicted octanol–water partition coefficient (Wildman–Crippen LogP) is -0.970. The Hall–Kier alpha value is -1.20. The minimum Gasteiger partial charge on any atom is -0.230 e. The Balaban J connectivity index is 2.85. The molecule has 0 atom stereocenters. The van der Waals surface area contributed by atoms with Gasteiger partial charge in [0, 0.05) is 12.4 Å². The van der Waals surface area contributed by atoms with E-state index >= 15 is 0 Å². The minimum atomic E-state index is 0.303. The summed E-state index contributed by atoms with van der Waals surface area (Å²) in [4.78, 5) is 7.49. The van der Waals surface area contributed by atoms with E-state index in [1.165, 1.54) is 0 Å². The molecule has 0 radical (unpaired) electrons. The van der Waals surface area contributed by atoms with Gasteiger partial charge in [0.1, 0.15) is 0 Å². The molecule has 9 heavy (non-hydrogen) atoms. The number of hydrazine groups is 2. The molecule has 0 spiro atoms. The van der Waals surface area contributed by atoms with Crippen LogP contribution in [-0.4, -0.2) is 9.97 Å². The summed E-state index contributed by atoms with van der Waals surface area (Å²) in [6, 6.07) is 1.69. The summed E-state index contributed by atoms with van der Waals surface area (Å²) in [5, 5.41) is 0.861. The first kappa shape index (κ1) is 5.93. The maximum Gasteiger partial charge on any atom is 0.254 e. The quantitative estimate of drug-likeness (QED) is 0.373. The van der Waals surface area contributed by atoms with Crippen molar-refractivity contribution in [2.75, 3.05) is 5.12 Å². The summed E-state index contributed by atoms with van der Waals surface area (Å²) in [6.07, 6.45) is 3.13. The van der Waals surface area contributed by atoms with Crippen LogP contribution in [0.5, 0.6) is 0 Å². The van der Waals surface area contributed by atoms with Gasteiger partial charge in [0.05, 0.1) is 0 Å². The monoisotopic (exact) mass is 125 g/mol. The zero-order valence-corrected chi connectivity index (χ0v) is 4.73. The largest absolute Gasteiger partial charge is 0.254 e. The highest BCUT2D eigenvalue weighted by atomic mass is 15.6. The van der Waals surface area contributed by atoms with Gasteiger partial charge in [-0.15, -0.1) is 0 Å². The third-order valence-corrected chi connectivity index (χ3v) is 0.783. The topological polar surface area (TPSA) is 81.1 Å². The first-order valence-corrected chi connectivity index (χ1v) is 2.37. The summed E-state index contributed by atoms with van der Waals surface area (Å²) < 4.78 is 0. The number of hydrogen-bond donors (Lipinski definition) is 2. The predicted molar refractivity (Wildman–Crippen MR) is 32.9 cm³/mol. The molecular weight excluding hydrogens is 118 g/mol. The molecule has 1 aromatic rings. The van der Waals surface area contributed by atoms with Gasteiger partial charge in [-0.3, -0.25) is 0 Å². The summed E-state index contributed by atoms with van der Waals surface area (Å²) in [6.45, 7) is 0. The lowest BCUT2D eigenvalue weighted by Crippen LogP contribution is -2.39.